The molecule has 0 saturated heterocycles. The molecule has 1 aromatic carbocycles. The summed E-state index contributed by atoms with van der Waals surface area (Å²) in [6.45, 7) is 3.34. The van der Waals surface area contributed by atoms with Crippen LogP contribution in [-0.4, -0.2) is 31.8 Å². The molecule has 1 unspecified atom stereocenters. The van der Waals surface area contributed by atoms with Crippen molar-refractivity contribution in [3.63, 3.8) is 0 Å². The summed E-state index contributed by atoms with van der Waals surface area (Å²) in [5, 5.41) is 0. The number of hydrogen-bond donors (Lipinski definition) is 1. The van der Waals surface area contributed by atoms with Crippen molar-refractivity contribution >= 4 is 5.97 Å². The van der Waals surface area contributed by atoms with Crippen molar-refractivity contribution < 1.29 is 19.0 Å². The summed E-state index contributed by atoms with van der Waals surface area (Å²) in [4.78, 5) is 11.6. The third-order valence-electron chi connectivity index (χ3n) is 2.88. The molecule has 0 fully saturated rings. The van der Waals surface area contributed by atoms with Gasteiger partial charge < -0.3 is 19.9 Å². The van der Waals surface area contributed by atoms with Crippen molar-refractivity contribution in [1.82, 2.24) is 0 Å². The Labute approximate surface area is 112 Å². The average molecular weight is 265 g/mol. The van der Waals surface area contributed by atoms with Gasteiger partial charge in [-0.15, -0.1) is 0 Å². The number of esters is 1. The number of nitrogens with two attached hydrogens (primary N) is 1. The van der Waals surface area contributed by atoms with Gasteiger partial charge in [-0.2, -0.15) is 0 Å². The standard InChI is InChI=1S/C14H19NO4/c1-2-17-14(16)11(15)9-10-5-3-6-12-13(10)19-8-4-7-18-12/h3,5-6,11H,2,4,7-9,15H2,1H3. The van der Waals surface area contributed by atoms with Crippen LogP contribution in [0.5, 0.6) is 11.5 Å². The zero-order valence-corrected chi connectivity index (χ0v) is 11.1. The van der Waals surface area contributed by atoms with Crippen molar-refractivity contribution in [2.45, 2.75) is 25.8 Å². The second kappa shape index (κ2) is 6.43. The summed E-state index contributed by atoms with van der Waals surface area (Å²) in [5.74, 6) is 1.01. The molecule has 104 valence electrons. The maximum Gasteiger partial charge on any atom is 0.323 e. The van der Waals surface area contributed by atoms with Crippen LogP contribution in [0.1, 0.15) is 18.9 Å². The van der Waals surface area contributed by atoms with E-state index >= 15 is 0 Å². The summed E-state index contributed by atoms with van der Waals surface area (Å²) in [6.07, 6.45) is 1.23. The SMILES string of the molecule is CCOC(=O)C(N)Cc1cccc2c1OCCCO2. The smallest absolute Gasteiger partial charge is 0.323 e. The third kappa shape index (κ3) is 3.38. The number of rotatable bonds is 4. The highest BCUT2D eigenvalue weighted by molar-refractivity contribution is 5.76. The Hall–Kier alpha value is -1.75. The Bertz CT molecular complexity index is 447. The molecule has 5 nitrogen and oxygen atoms in total. The first-order valence-electron chi connectivity index (χ1n) is 6.52. The van der Waals surface area contributed by atoms with Crippen LogP contribution in [0.25, 0.3) is 0 Å². The highest BCUT2D eigenvalue weighted by atomic mass is 16.5. The minimum absolute atomic E-state index is 0.332. The molecule has 1 atom stereocenters. The fourth-order valence-electron chi connectivity index (χ4n) is 1.98. The highest BCUT2D eigenvalue weighted by Gasteiger charge is 2.20. The Morgan fingerprint density at radius 2 is 2.21 bits per heavy atom. The number of carbonyl (C=O) groups excluding carboxylic acids is 1. The highest BCUT2D eigenvalue weighted by Crippen LogP contribution is 2.33. The van der Waals surface area contributed by atoms with Gasteiger partial charge in [0, 0.05) is 18.4 Å². The van der Waals surface area contributed by atoms with E-state index in [0.717, 1.165) is 12.0 Å². The lowest BCUT2D eigenvalue weighted by Gasteiger charge is -2.15. The van der Waals surface area contributed by atoms with Crippen LogP contribution in [0.2, 0.25) is 0 Å². The predicted octanol–water partition coefficient (Wildman–Crippen LogP) is 1.28. The third-order valence-corrected chi connectivity index (χ3v) is 2.88. The number of hydrogen-bond acceptors (Lipinski definition) is 5. The van der Waals surface area contributed by atoms with Crippen LogP contribution >= 0.6 is 0 Å². The molecule has 0 radical (unpaired) electrons. The first-order chi connectivity index (χ1) is 9.22. The molecule has 0 saturated carbocycles. The first-order valence-corrected chi connectivity index (χ1v) is 6.52. The van der Waals surface area contributed by atoms with Crippen LogP contribution < -0.4 is 15.2 Å². The van der Waals surface area contributed by atoms with E-state index in [1.54, 1.807) is 6.92 Å². The van der Waals surface area contributed by atoms with Gasteiger partial charge in [-0.3, -0.25) is 4.79 Å². The van der Waals surface area contributed by atoms with Crippen LogP contribution in [0.3, 0.4) is 0 Å². The molecule has 0 aliphatic carbocycles. The topological polar surface area (TPSA) is 70.8 Å². The lowest BCUT2D eigenvalue weighted by atomic mass is 10.0. The Morgan fingerprint density at radius 1 is 1.42 bits per heavy atom. The summed E-state index contributed by atoms with van der Waals surface area (Å²) in [5.41, 5.74) is 6.71. The fourth-order valence-corrected chi connectivity index (χ4v) is 1.98. The van der Waals surface area contributed by atoms with Crippen LogP contribution in [0.15, 0.2) is 18.2 Å². The largest absolute Gasteiger partial charge is 0.490 e. The van der Waals surface area contributed by atoms with Gasteiger partial charge in [-0.05, 0) is 13.0 Å². The summed E-state index contributed by atoms with van der Waals surface area (Å²) < 4.78 is 16.2. The maximum absolute atomic E-state index is 11.6. The lowest BCUT2D eigenvalue weighted by Crippen LogP contribution is -2.34. The monoisotopic (exact) mass is 265 g/mol. The van der Waals surface area contributed by atoms with Crippen LogP contribution in [0.4, 0.5) is 0 Å². The summed E-state index contributed by atoms with van der Waals surface area (Å²) >= 11 is 0. The van der Waals surface area contributed by atoms with E-state index in [1.165, 1.54) is 0 Å². The van der Waals surface area contributed by atoms with Crippen molar-refractivity contribution in [1.29, 1.82) is 0 Å². The minimum atomic E-state index is -0.682. The quantitative estimate of drug-likeness (QED) is 0.830. The van der Waals surface area contributed by atoms with E-state index in [9.17, 15) is 4.79 Å². The maximum atomic E-state index is 11.6. The van der Waals surface area contributed by atoms with Gasteiger partial charge >= 0.3 is 5.97 Å². The minimum Gasteiger partial charge on any atom is -0.490 e. The molecule has 1 aliphatic rings. The number of fused-ring (bicyclic) bond motifs is 1. The fraction of sp³-hybridized carbons (Fsp3) is 0.500. The van der Waals surface area contributed by atoms with Crippen molar-refractivity contribution in [2.75, 3.05) is 19.8 Å². The van der Waals surface area contributed by atoms with Gasteiger partial charge in [0.25, 0.3) is 0 Å². The number of carbonyl (C=O) groups is 1. The second-order valence-corrected chi connectivity index (χ2v) is 4.36. The van der Waals surface area contributed by atoms with Gasteiger partial charge in [0.1, 0.15) is 6.04 Å². The molecule has 0 spiro atoms. The number of benzene rings is 1. The van der Waals surface area contributed by atoms with Gasteiger partial charge in [-0.25, -0.2) is 0 Å². The van der Waals surface area contributed by atoms with Gasteiger partial charge in [0.05, 0.1) is 19.8 Å². The normalized spacial score (nSPS) is 15.5. The molecule has 0 aromatic heterocycles. The number of ether oxygens (including phenoxy) is 3. The molecule has 1 heterocycles. The molecule has 19 heavy (non-hydrogen) atoms. The molecule has 1 aromatic rings. The molecule has 2 rings (SSSR count). The van der Waals surface area contributed by atoms with Crippen molar-refractivity contribution in [3.05, 3.63) is 23.8 Å². The summed E-state index contributed by atoms with van der Waals surface area (Å²) in [6, 6.07) is 4.95. The van der Waals surface area contributed by atoms with Crippen molar-refractivity contribution in [2.24, 2.45) is 5.73 Å². The van der Waals surface area contributed by atoms with E-state index in [2.05, 4.69) is 0 Å². The van der Waals surface area contributed by atoms with E-state index in [1.807, 2.05) is 18.2 Å². The zero-order valence-electron chi connectivity index (χ0n) is 11.1. The van der Waals surface area contributed by atoms with Crippen LogP contribution in [-0.2, 0) is 16.0 Å². The Balaban J connectivity index is 2.14. The first kappa shape index (κ1) is 13.7. The second-order valence-electron chi connectivity index (χ2n) is 4.36. The Kier molecular flexibility index (Phi) is 4.63. The lowest BCUT2D eigenvalue weighted by molar-refractivity contribution is -0.144. The van der Waals surface area contributed by atoms with Gasteiger partial charge in [0.15, 0.2) is 11.5 Å². The van der Waals surface area contributed by atoms with Gasteiger partial charge in [-0.1, -0.05) is 12.1 Å². The van der Waals surface area contributed by atoms with E-state index in [4.69, 9.17) is 19.9 Å². The molecule has 2 N–H and O–H groups in total. The molecule has 1 aliphatic heterocycles. The average Bonchev–Trinajstić information content (AvgIpc) is 2.65. The molecule has 5 heteroatoms. The molecule has 0 bridgehead atoms. The summed E-state index contributed by atoms with van der Waals surface area (Å²) in [7, 11) is 0. The van der Waals surface area contributed by atoms with Crippen LogP contribution in [0, 0.1) is 0 Å². The van der Waals surface area contributed by atoms with E-state index < -0.39 is 12.0 Å². The zero-order chi connectivity index (χ0) is 13.7. The van der Waals surface area contributed by atoms with E-state index in [0.29, 0.717) is 37.7 Å². The number of para-hydroxylation sites is 1. The Morgan fingerprint density at radius 3 is 3.00 bits per heavy atom. The van der Waals surface area contributed by atoms with Gasteiger partial charge in [0.2, 0.25) is 0 Å². The van der Waals surface area contributed by atoms with Crippen molar-refractivity contribution in [3.8, 4) is 11.5 Å². The predicted molar refractivity (Wildman–Crippen MR) is 70.4 cm³/mol. The van der Waals surface area contributed by atoms with E-state index in [-0.39, 0.29) is 0 Å². The molecular formula is C14H19NO4. The molecule has 0 amide bonds. The molecular weight excluding hydrogens is 246 g/mol.